The summed E-state index contributed by atoms with van der Waals surface area (Å²) in [6.45, 7) is 2.12. The molecule has 0 fully saturated rings. The van der Waals surface area contributed by atoms with Crippen molar-refractivity contribution < 1.29 is 0 Å². The fourth-order valence-corrected chi connectivity index (χ4v) is 4.99. The molecule has 7 rings (SSSR count). The van der Waals surface area contributed by atoms with Gasteiger partial charge in [0, 0.05) is 23.0 Å². The van der Waals surface area contributed by atoms with Gasteiger partial charge in [0.25, 0.3) is 0 Å². The van der Waals surface area contributed by atoms with E-state index in [0.29, 0.717) is 0 Å². The van der Waals surface area contributed by atoms with Crippen LogP contribution in [0.2, 0.25) is 0 Å². The smallest absolute Gasteiger partial charge is 0.116 e. The summed E-state index contributed by atoms with van der Waals surface area (Å²) in [5.41, 5.74) is 10.7. The molecule has 4 heterocycles. The zero-order valence-corrected chi connectivity index (χ0v) is 18.1. The van der Waals surface area contributed by atoms with E-state index in [4.69, 9.17) is 9.97 Å². The molecule has 0 amide bonds. The molecular formula is C29H20N4. The van der Waals surface area contributed by atoms with Crippen LogP contribution in [0.4, 0.5) is 0 Å². The number of benzene rings is 3. The number of hydrogen-bond acceptors (Lipinski definition) is 2. The number of aryl methyl sites for hydroxylation is 1. The van der Waals surface area contributed by atoms with Gasteiger partial charge in [0.05, 0.1) is 27.6 Å². The molecule has 0 radical (unpaired) electrons. The van der Waals surface area contributed by atoms with Gasteiger partial charge in [-0.15, -0.1) is 0 Å². The highest BCUT2D eigenvalue weighted by Crippen LogP contribution is 2.36. The number of para-hydroxylation sites is 2. The van der Waals surface area contributed by atoms with Crippen LogP contribution in [0, 0.1) is 6.92 Å². The van der Waals surface area contributed by atoms with E-state index in [0.717, 1.165) is 55.4 Å². The lowest BCUT2D eigenvalue weighted by molar-refractivity contribution is 1.15. The van der Waals surface area contributed by atoms with Gasteiger partial charge in [-0.1, -0.05) is 48.5 Å². The Labute approximate surface area is 190 Å². The first-order valence-electron chi connectivity index (χ1n) is 11.1. The SMILES string of the molecule is Cc1cccc(-n2c3cccnc3c3nc4c5ccccc5n(-c5ccccc5)c4cc32)c1. The van der Waals surface area contributed by atoms with Crippen molar-refractivity contribution in [2.45, 2.75) is 6.92 Å². The molecule has 4 heteroatoms. The Morgan fingerprint density at radius 2 is 1.27 bits per heavy atom. The molecule has 0 unspecified atom stereocenters. The van der Waals surface area contributed by atoms with E-state index in [1.165, 1.54) is 5.56 Å². The quantitative estimate of drug-likeness (QED) is 0.300. The summed E-state index contributed by atoms with van der Waals surface area (Å²) in [6, 6.07) is 34.0. The zero-order valence-electron chi connectivity index (χ0n) is 18.1. The Morgan fingerprint density at radius 3 is 2.15 bits per heavy atom. The lowest BCUT2D eigenvalue weighted by Gasteiger charge is -2.10. The summed E-state index contributed by atoms with van der Waals surface area (Å²) in [6.07, 6.45) is 1.85. The third-order valence-corrected chi connectivity index (χ3v) is 6.39. The van der Waals surface area contributed by atoms with E-state index in [2.05, 4.69) is 107 Å². The zero-order chi connectivity index (χ0) is 21.9. The van der Waals surface area contributed by atoms with Gasteiger partial charge in [0.1, 0.15) is 11.0 Å². The molecule has 0 aliphatic carbocycles. The molecule has 4 nitrogen and oxygen atoms in total. The van der Waals surface area contributed by atoms with Crippen molar-refractivity contribution in [1.82, 2.24) is 19.1 Å². The molecule has 33 heavy (non-hydrogen) atoms. The monoisotopic (exact) mass is 424 g/mol. The minimum Gasteiger partial charge on any atom is -0.308 e. The molecule has 156 valence electrons. The second-order valence-corrected chi connectivity index (χ2v) is 8.46. The van der Waals surface area contributed by atoms with E-state index < -0.39 is 0 Å². The average molecular weight is 425 g/mol. The first-order chi connectivity index (χ1) is 16.3. The molecule has 3 aromatic carbocycles. The normalized spacial score (nSPS) is 11.8. The summed E-state index contributed by atoms with van der Waals surface area (Å²) >= 11 is 0. The van der Waals surface area contributed by atoms with Crippen molar-refractivity contribution in [2.24, 2.45) is 0 Å². The van der Waals surface area contributed by atoms with E-state index in [9.17, 15) is 0 Å². The van der Waals surface area contributed by atoms with Crippen LogP contribution in [-0.2, 0) is 0 Å². The molecule has 0 aliphatic heterocycles. The number of rotatable bonds is 2. The van der Waals surface area contributed by atoms with Gasteiger partial charge in [-0.25, -0.2) is 4.98 Å². The summed E-state index contributed by atoms with van der Waals surface area (Å²) in [7, 11) is 0. The van der Waals surface area contributed by atoms with Gasteiger partial charge in [-0.2, -0.15) is 0 Å². The highest BCUT2D eigenvalue weighted by atomic mass is 15.0. The van der Waals surface area contributed by atoms with Gasteiger partial charge < -0.3 is 9.13 Å². The van der Waals surface area contributed by atoms with E-state index in [-0.39, 0.29) is 0 Å². The molecule has 0 spiro atoms. The van der Waals surface area contributed by atoms with Gasteiger partial charge in [0.2, 0.25) is 0 Å². The van der Waals surface area contributed by atoms with Crippen LogP contribution in [-0.4, -0.2) is 19.1 Å². The summed E-state index contributed by atoms with van der Waals surface area (Å²) < 4.78 is 4.59. The molecule has 0 aliphatic rings. The van der Waals surface area contributed by atoms with Crippen LogP contribution in [0.3, 0.4) is 0 Å². The van der Waals surface area contributed by atoms with E-state index in [1.54, 1.807) is 0 Å². The van der Waals surface area contributed by atoms with Gasteiger partial charge in [-0.05, 0) is 61.0 Å². The van der Waals surface area contributed by atoms with Crippen LogP contribution in [0.25, 0.3) is 55.4 Å². The largest absolute Gasteiger partial charge is 0.308 e. The summed E-state index contributed by atoms with van der Waals surface area (Å²) in [5.74, 6) is 0. The van der Waals surface area contributed by atoms with Gasteiger partial charge in [-0.3, -0.25) is 4.98 Å². The Hall–Kier alpha value is -4.44. The van der Waals surface area contributed by atoms with Crippen LogP contribution >= 0.6 is 0 Å². The number of aromatic nitrogens is 4. The van der Waals surface area contributed by atoms with Crippen molar-refractivity contribution in [3.63, 3.8) is 0 Å². The predicted molar refractivity (Wildman–Crippen MR) is 135 cm³/mol. The van der Waals surface area contributed by atoms with Crippen LogP contribution in [0.5, 0.6) is 0 Å². The Kier molecular flexibility index (Phi) is 3.73. The standard InChI is InChI=1S/C29H20N4/c1-19-9-7-12-21(17-19)33-24-15-8-16-30-28(24)29-26(33)18-25-27(31-29)22-13-5-6-14-23(22)32(25)20-10-3-2-4-11-20/h2-18H,1H3. The molecule has 0 saturated heterocycles. The predicted octanol–water partition coefficient (Wildman–Crippen LogP) is 6.98. The molecular weight excluding hydrogens is 404 g/mol. The number of pyridine rings is 2. The third kappa shape index (κ3) is 2.58. The average Bonchev–Trinajstić information content (AvgIpc) is 3.35. The molecule has 0 bridgehead atoms. The molecule has 0 N–H and O–H groups in total. The first kappa shape index (κ1) is 18.2. The maximum absolute atomic E-state index is 5.24. The molecule has 0 atom stereocenters. The second-order valence-electron chi connectivity index (χ2n) is 8.46. The Bertz CT molecular complexity index is 1820. The topological polar surface area (TPSA) is 35.6 Å². The van der Waals surface area contributed by atoms with Gasteiger partial charge in [0.15, 0.2) is 0 Å². The highest BCUT2D eigenvalue weighted by molar-refractivity contribution is 6.14. The minimum atomic E-state index is 0.924. The molecule has 0 saturated carbocycles. The lowest BCUT2D eigenvalue weighted by atomic mass is 10.2. The third-order valence-electron chi connectivity index (χ3n) is 6.39. The highest BCUT2D eigenvalue weighted by Gasteiger charge is 2.19. The van der Waals surface area contributed by atoms with Crippen molar-refractivity contribution in [3.8, 4) is 11.4 Å². The van der Waals surface area contributed by atoms with Crippen LogP contribution in [0.15, 0.2) is 103 Å². The fourth-order valence-electron chi connectivity index (χ4n) is 4.99. The summed E-state index contributed by atoms with van der Waals surface area (Å²) in [4.78, 5) is 9.98. The summed E-state index contributed by atoms with van der Waals surface area (Å²) in [5, 5.41) is 1.14. The van der Waals surface area contributed by atoms with Crippen molar-refractivity contribution in [3.05, 3.63) is 109 Å². The second kappa shape index (κ2) is 6.78. The number of hydrogen-bond donors (Lipinski definition) is 0. The fraction of sp³-hybridized carbons (Fsp3) is 0.0345. The van der Waals surface area contributed by atoms with Crippen molar-refractivity contribution >= 4 is 44.0 Å². The lowest BCUT2D eigenvalue weighted by Crippen LogP contribution is -1.96. The molecule has 4 aromatic heterocycles. The van der Waals surface area contributed by atoms with Crippen LogP contribution in [0.1, 0.15) is 5.56 Å². The number of nitrogens with zero attached hydrogens (tertiary/aromatic N) is 4. The Morgan fingerprint density at radius 1 is 0.545 bits per heavy atom. The maximum atomic E-state index is 5.24. The van der Waals surface area contributed by atoms with E-state index in [1.807, 2.05) is 12.3 Å². The number of fused-ring (bicyclic) bond motifs is 6. The van der Waals surface area contributed by atoms with Gasteiger partial charge >= 0.3 is 0 Å². The van der Waals surface area contributed by atoms with E-state index >= 15 is 0 Å². The van der Waals surface area contributed by atoms with Crippen molar-refractivity contribution in [2.75, 3.05) is 0 Å². The molecule has 7 aromatic rings. The van der Waals surface area contributed by atoms with Crippen molar-refractivity contribution in [1.29, 1.82) is 0 Å². The Balaban J connectivity index is 1.70. The van der Waals surface area contributed by atoms with Crippen LogP contribution < -0.4 is 0 Å². The maximum Gasteiger partial charge on any atom is 0.116 e. The first-order valence-corrected chi connectivity index (χ1v) is 11.1. The minimum absolute atomic E-state index is 0.924.